The largest absolute Gasteiger partial charge is 0.391 e. The Morgan fingerprint density at radius 3 is 2.35 bits per heavy atom. The Kier molecular flexibility index (Phi) is 8.24. The Morgan fingerprint density at radius 1 is 1.35 bits per heavy atom. The van der Waals surface area contributed by atoms with Crippen LogP contribution in [0.5, 0.6) is 0 Å². The molecule has 3 N–H and O–H groups in total. The van der Waals surface area contributed by atoms with Crippen molar-refractivity contribution in [2.24, 2.45) is 10.9 Å². The van der Waals surface area contributed by atoms with E-state index < -0.39 is 11.8 Å². The van der Waals surface area contributed by atoms with Gasteiger partial charge in [0.1, 0.15) is 0 Å². The number of rotatable bonds is 6. The van der Waals surface area contributed by atoms with Crippen LogP contribution < -0.4 is 10.8 Å². The standard InChI is InChI=1S/C15H25N3O2/c1-7-8-13(9-10(2)15(19)18-20)14(17-6)11(3)12(4)16-5/h7-10,16,20H,1-6H3,(H,18,19)/b8-7-,12-11+,13-9+,17-14+. The molecule has 0 aliphatic rings. The van der Waals surface area contributed by atoms with Crippen LogP contribution in [0.3, 0.4) is 0 Å². The van der Waals surface area contributed by atoms with Crippen molar-refractivity contribution < 1.29 is 10.0 Å². The summed E-state index contributed by atoms with van der Waals surface area (Å²) in [5.41, 5.74) is 5.34. The lowest BCUT2D eigenvalue weighted by Gasteiger charge is -2.13. The highest BCUT2D eigenvalue weighted by Crippen LogP contribution is 2.15. The number of hydrogen-bond acceptors (Lipinski definition) is 4. The molecule has 1 amide bonds. The summed E-state index contributed by atoms with van der Waals surface area (Å²) in [6.45, 7) is 7.56. The summed E-state index contributed by atoms with van der Waals surface area (Å²) >= 11 is 0. The molecule has 5 heteroatoms. The van der Waals surface area contributed by atoms with Gasteiger partial charge in [-0.15, -0.1) is 0 Å². The Labute approximate surface area is 121 Å². The van der Waals surface area contributed by atoms with E-state index in [0.717, 1.165) is 22.6 Å². The Bertz CT molecular complexity index is 460. The van der Waals surface area contributed by atoms with Gasteiger partial charge >= 0.3 is 0 Å². The van der Waals surface area contributed by atoms with Gasteiger partial charge in [0.05, 0.1) is 11.6 Å². The van der Waals surface area contributed by atoms with Gasteiger partial charge in [-0.25, -0.2) is 5.48 Å². The van der Waals surface area contributed by atoms with Gasteiger partial charge in [0.15, 0.2) is 0 Å². The summed E-state index contributed by atoms with van der Waals surface area (Å²) in [5, 5.41) is 11.8. The number of hydroxylamine groups is 1. The van der Waals surface area contributed by atoms with E-state index in [-0.39, 0.29) is 0 Å². The first-order valence-electron chi connectivity index (χ1n) is 6.54. The Balaban J connectivity index is 5.69. The molecule has 0 saturated heterocycles. The van der Waals surface area contributed by atoms with E-state index in [2.05, 4.69) is 10.3 Å². The van der Waals surface area contributed by atoms with Gasteiger partial charge in [0.2, 0.25) is 5.91 Å². The third kappa shape index (κ3) is 5.01. The average Bonchev–Trinajstić information content (AvgIpc) is 2.45. The number of allylic oxidation sites excluding steroid dienone is 5. The molecule has 0 fully saturated rings. The van der Waals surface area contributed by atoms with Crippen LogP contribution in [0.25, 0.3) is 0 Å². The second kappa shape index (κ2) is 9.09. The molecule has 0 aliphatic carbocycles. The Morgan fingerprint density at radius 2 is 1.95 bits per heavy atom. The molecular formula is C15H25N3O2. The van der Waals surface area contributed by atoms with Crippen molar-refractivity contribution in [2.75, 3.05) is 14.1 Å². The summed E-state index contributed by atoms with van der Waals surface area (Å²) in [7, 11) is 3.57. The molecule has 1 unspecified atom stereocenters. The lowest BCUT2D eigenvalue weighted by atomic mass is 9.97. The monoisotopic (exact) mass is 279 g/mol. The first kappa shape index (κ1) is 18.1. The molecular weight excluding hydrogens is 254 g/mol. The maximum Gasteiger partial charge on any atom is 0.249 e. The SMILES string of the molecule is C\C=C/C(=C\C(C)C(=O)NO)C(=N/C)/C(C)=C(\C)NC. The van der Waals surface area contributed by atoms with Crippen molar-refractivity contribution in [3.63, 3.8) is 0 Å². The fourth-order valence-electron chi connectivity index (χ4n) is 1.72. The number of amides is 1. The van der Waals surface area contributed by atoms with E-state index in [0.29, 0.717) is 0 Å². The predicted octanol–water partition coefficient (Wildman–Crippen LogP) is 2.21. The van der Waals surface area contributed by atoms with Gasteiger partial charge in [0, 0.05) is 19.8 Å². The summed E-state index contributed by atoms with van der Waals surface area (Å²) < 4.78 is 0. The zero-order valence-corrected chi connectivity index (χ0v) is 13.1. The number of carbonyl (C=O) groups excluding carboxylic acids is 1. The van der Waals surface area contributed by atoms with Crippen LogP contribution in [0.4, 0.5) is 0 Å². The molecule has 0 spiro atoms. The highest BCUT2D eigenvalue weighted by Gasteiger charge is 2.14. The number of hydrogen-bond donors (Lipinski definition) is 3. The molecule has 112 valence electrons. The summed E-state index contributed by atoms with van der Waals surface area (Å²) in [6.07, 6.45) is 5.57. The maximum absolute atomic E-state index is 11.4. The lowest BCUT2D eigenvalue weighted by Crippen LogP contribution is -2.25. The molecule has 1 atom stereocenters. The first-order valence-corrected chi connectivity index (χ1v) is 6.54. The number of nitrogens with one attached hydrogen (secondary N) is 2. The fraction of sp³-hybridized carbons (Fsp3) is 0.467. The number of carbonyl (C=O) groups is 1. The van der Waals surface area contributed by atoms with Crippen LogP contribution in [0.1, 0.15) is 27.7 Å². The van der Waals surface area contributed by atoms with Gasteiger partial charge < -0.3 is 5.32 Å². The van der Waals surface area contributed by atoms with Gasteiger partial charge in [-0.1, -0.05) is 18.2 Å². The van der Waals surface area contributed by atoms with Gasteiger partial charge in [-0.2, -0.15) is 0 Å². The molecule has 5 nitrogen and oxygen atoms in total. The lowest BCUT2D eigenvalue weighted by molar-refractivity contribution is -0.131. The van der Waals surface area contributed by atoms with E-state index in [1.807, 2.05) is 40.0 Å². The van der Waals surface area contributed by atoms with Crippen LogP contribution in [0, 0.1) is 5.92 Å². The quantitative estimate of drug-likeness (QED) is 0.302. The van der Waals surface area contributed by atoms with Crippen molar-refractivity contribution in [3.05, 3.63) is 35.1 Å². The van der Waals surface area contributed by atoms with E-state index in [9.17, 15) is 4.79 Å². The van der Waals surface area contributed by atoms with E-state index in [1.165, 1.54) is 0 Å². The number of nitrogens with zero attached hydrogens (tertiary/aromatic N) is 1. The van der Waals surface area contributed by atoms with Crippen LogP contribution in [-0.4, -0.2) is 30.9 Å². The van der Waals surface area contributed by atoms with Gasteiger partial charge in [0.25, 0.3) is 0 Å². The molecule has 0 saturated carbocycles. The van der Waals surface area contributed by atoms with Crippen molar-refractivity contribution >= 4 is 11.6 Å². The molecule has 0 aromatic rings. The minimum absolute atomic E-state index is 0.450. The molecule has 0 bridgehead atoms. The molecule has 0 radical (unpaired) electrons. The summed E-state index contributed by atoms with van der Waals surface area (Å²) in [6, 6.07) is 0. The fourth-order valence-corrected chi connectivity index (χ4v) is 1.72. The minimum atomic E-state index is -0.453. The van der Waals surface area contributed by atoms with Crippen molar-refractivity contribution in [1.82, 2.24) is 10.8 Å². The van der Waals surface area contributed by atoms with Crippen LogP contribution in [0.2, 0.25) is 0 Å². The second-order valence-corrected chi connectivity index (χ2v) is 4.46. The van der Waals surface area contributed by atoms with Gasteiger partial charge in [-0.05, 0) is 38.8 Å². The highest BCUT2D eigenvalue weighted by molar-refractivity contribution is 6.14. The van der Waals surface area contributed by atoms with Crippen molar-refractivity contribution in [2.45, 2.75) is 27.7 Å². The van der Waals surface area contributed by atoms with Crippen molar-refractivity contribution in [1.29, 1.82) is 0 Å². The Hall–Kier alpha value is -1.88. The smallest absolute Gasteiger partial charge is 0.249 e. The molecule has 0 aromatic heterocycles. The van der Waals surface area contributed by atoms with E-state index in [4.69, 9.17) is 5.21 Å². The summed E-state index contributed by atoms with van der Waals surface area (Å²) in [5.74, 6) is -0.903. The third-order valence-electron chi connectivity index (χ3n) is 3.09. The molecule has 0 rings (SSSR count). The van der Waals surface area contributed by atoms with Crippen molar-refractivity contribution in [3.8, 4) is 0 Å². The topological polar surface area (TPSA) is 73.7 Å². The zero-order valence-electron chi connectivity index (χ0n) is 13.1. The minimum Gasteiger partial charge on any atom is -0.391 e. The van der Waals surface area contributed by atoms with E-state index in [1.54, 1.807) is 25.5 Å². The predicted molar refractivity (Wildman–Crippen MR) is 82.8 cm³/mol. The van der Waals surface area contributed by atoms with E-state index >= 15 is 0 Å². The third-order valence-corrected chi connectivity index (χ3v) is 3.09. The molecule has 0 aliphatic heterocycles. The zero-order chi connectivity index (χ0) is 15.7. The average molecular weight is 279 g/mol. The second-order valence-electron chi connectivity index (χ2n) is 4.46. The first-order chi connectivity index (χ1) is 9.42. The normalized spacial score (nSPS) is 15.9. The number of aliphatic imine (C=N–C) groups is 1. The van der Waals surface area contributed by atoms with Crippen LogP contribution in [0.15, 0.2) is 40.1 Å². The van der Waals surface area contributed by atoms with Crippen LogP contribution >= 0.6 is 0 Å². The highest BCUT2D eigenvalue weighted by atomic mass is 16.5. The molecule has 0 aromatic carbocycles. The van der Waals surface area contributed by atoms with Crippen LogP contribution in [-0.2, 0) is 4.79 Å². The summed E-state index contributed by atoms with van der Waals surface area (Å²) in [4.78, 5) is 15.7. The molecule has 0 heterocycles. The maximum atomic E-state index is 11.4. The molecule has 20 heavy (non-hydrogen) atoms. The van der Waals surface area contributed by atoms with Gasteiger partial charge in [-0.3, -0.25) is 15.0 Å².